The molecule has 1 heterocycles. The highest BCUT2D eigenvalue weighted by Gasteiger charge is 2.24. The summed E-state index contributed by atoms with van der Waals surface area (Å²) < 4.78 is 29.5. The molecule has 0 fully saturated rings. The van der Waals surface area contributed by atoms with Crippen LogP contribution in [0.15, 0.2) is 18.2 Å². The number of sulfonamides is 1. The number of nitrogens with zero attached hydrogens (tertiary/aromatic N) is 1. The Bertz CT molecular complexity index is 681. The van der Waals surface area contributed by atoms with Gasteiger partial charge in [-0.25, -0.2) is 8.42 Å². The maximum absolute atomic E-state index is 11.9. The largest absolute Gasteiger partial charge is 0.457 e. The van der Waals surface area contributed by atoms with Crippen LogP contribution in [-0.4, -0.2) is 39.6 Å². The molecule has 114 valence electrons. The van der Waals surface area contributed by atoms with Gasteiger partial charge in [0.2, 0.25) is 10.0 Å². The molecule has 0 bridgehead atoms. The zero-order valence-corrected chi connectivity index (χ0v) is 12.8. The first-order valence-corrected chi connectivity index (χ1v) is 8.41. The zero-order chi connectivity index (χ0) is 15.6. The fraction of sp³-hybridized carbons (Fsp3) is 0.429. The van der Waals surface area contributed by atoms with Crippen LogP contribution in [0, 0.1) is 0 Å². The van der Waals surface area contributed by atoms with Gasteiger partial charge in [-0.2, -0.15) is 0 Å². The first-order valence-electron chi connectivity index (χ1n) is 6.56. The molecule has 0 atom stereocenters. The van der Waals surface area contributed by atoms with Crippen LogP contribution in [0.2, 0.25) is 0 Å². The molecule has 0 radical (unpaired) electrons. The molecule has 1 aromatic rings. The van der Waals surface area contributed by atoms with Crippen molar-refractivity contribution in [1.29, 1.82) is 0 Å². The van der Waals surface area contributed by atoms with Crippen molar-refractivity contribution < 1.29 is 22.7 Å². The van der Waals surface area contributed by atoms with Crippen LogP contribution >= 0.6 is 0 Å². The predicted octanol–water partition coefficient (Wildman–Crippen LogP) is 1.14. The summed E-state index contributed by atoms with van der Waals surface area (Å²) in [6.45, 7) is 1.39. The van der Waals surface area contributed by atoms with E-state index in [2.05, 4.69) is 4.74 Å². The topological polar surface area (TPSA) is 80.8 Å². The third-order valence-corrected chi connectivity index (χ3v) is 4.46. The Morgan fingerprint density at radius 3 is 2.67 bits per heavy atom. The highest BCUT2D eigenvalue weighted by atomic mass is 32.2. The molecule has 21 heavy (non-hydrogen) atoms. The van der Waals surface area contributed by atoms with Gasteiger partial charge in [-0.15, -0.1) is 0 Å². The van der Waals surface area contributed by atoms with Crippen LogP contribution in [-0.2, 0) is 26.0 Å². The van der Waals surface area contributed by atoms with E-state index in [4.69, 9.17) is 0 Å². The van der Waals surface area contributed by atoms with Gasteiger partial charge in [-0.3, -0.25) is 13.9 Å². The van der Waals surface area contributed by atoms with Gasteiger partial charge in [0, 0.05) is 19.0 Å². The van der Waals surface area contributed by atoms with Crippen molar-refractivity contribution in [2.45, 2.75) is 19.8 Å². The van der Waals surface area contributed by atoms with Crippen molar-refractivity contribution in [2.24, 2.45) is 0 Å². The summed E-state index contributed by atoms with van der Waals surface area (Å²) >= 11 is 0. The highest BCUT2D eigenvalue weighted by Crippen LogP contribution is 2.29. The van der Waals surface area contributed by atoms with Gasteiger partial charge in [-0.05, 0) is 36.6 Å². The number of carbonyl (C=O) groups is 2. The quantitative estimate of drug-likeness (QED) is 0.615. The lowest BCUT2D eigenvalue weighted by Crippen LogP contribution is -2.34. The Hall–Kier alpha value is -1.89. The smallest absolute Gasteiger partial charge is 0.303 e. The number of carbonyl (C=O) groups excluding carboxylic acids is 2. The lowest BCUT2D eigenvalue weighted by molar-refractivity contribution is -0.139. The Balaban J connectivity index is 2.27. The van der Waals surface area contributed by atoms with Crippen LogP contribution in [0.1, 0.15) is 29.3 Å². The van der Waals surface area contributed by atoms with E-state index >= 15 is 0 Å². The summed E-state index contributed by atoms with van der Waals surface area (Å²) in [5, 5.41) is 0. The van der Waals surface area contributed by atoms with E-state index in [-0.39, 0.29) is 12.4 Å². The molecular formula is C14H17NO5S. The zero-order valence-electron chi connectivity index (χ0n) is 12.0. The first kappa shape index (κ1) is 15.5. The molecule has 0 unspecified atom stereocenters. The minimum Gasteiger partial charge on any atom is -0.457 e. The van der Waals surface area contributed by atoms with Crippen LogP contribution < -0.4 is 4.31 Å². The molecule has 1 aliphatic heterocycles. The third-order valence-electron chi connectivity index (χ3n) is 3.28. The average molecular weight is 311 g/mol. The van der Waals surface area contributed by atoms with E-state index in [1.54, 1.807) is 18.2 Å². The number of esters is 1. The Labute approximate surface area is 123 Å². The summed E-state index contributed by atoms with van der Waals surface area (Å²) in [6, 6.07) is 4.88. The van der Waals surface area contributed by atoms with Gasteiger partial charge in [-0.1, -0.05) is 0 Å². The molecule has 6 nitrogen and oxygen atoms in total. The minimum atomic E-state index is -3.31. The van der Waals surface area contributed by atoms with E-state index in [0.29, 0.717) is 24.2 Å². The van der Waals surface area contributed by atoms with Crippen LogP contribution in [0.4, 0.5) is 5.69 Å². The molecule has 2 rings (SSSR count). The summed E-state index contributed by atoms with van der Waals surface area (Å²) in [7, 11) is -3.31. The summed E-state index contributed by atoms with van der Waals surface area (Å²) in [6.07, 6.45) is 2.60. The third kappa shape index (κ3) is 3.60. The summed E-state index contributed by atoms with van der Waals surface area (Å²) in [5.74, 6) is -0.811. The van der Waals surface area contributed by atoms with Crippen molar-refractivity contribution in [2.75, 3.05) is 23.7 Å². The molecule has 0 saturated carbocycles. The molecule has 0 saturated heterocycles. The number of fused-ring (bicyclic) bond motifs is 1. The number of ketones is 1. The van der Waals surface area contributed by atoms with E-state index in [0.717, 1.165) is 12.0 Å². The maximum Gasteiger partial charge on any atom is 0.303 e. The number of benzene rings is 1. The lowest BCUT2D eigenvalue weighted by Gasteiger charge is -2.29. The second kappa shape index (κ2) is 5.85. The normalized spacial score (nSPS) is 14.5. The van der Waals surface area contributed by atoms with Crippen molar-refractivity contribution in [3.8, 4) is 0 Å². The Morgan fingerprint density at radius 1 is 1.33 bits per heavy atom. The number of anilines is 1. The fourth-order valence-electron chi connectivity index (χ4n) is 2.33. The van der Waals surface area contributed by atoms with E-state index in [9.17, 15) is 18.0 Å². The van der Waals surface area contributed by atoms with Gasteiger partial charge in [0.15, 0.2) is 12.4 Å². The maximum atomic E-state index is 11.9. The van der Waals surface area contributed by atoms with Crippen molar-refractivity contribution >= 4 is 27.5 Å². The standard InChI is InChI=1S/C14H17NO5S/c1-10(16)20-9-14(17)12-5-6-13-11(8-12)4-3-7-15(13)21(2,18)19/h5-6,8H,3-4,7,9H2,1-2H3. The Morgan fingerprint density at radius 2 is 2.05 bits per heavy atom. The van der Waals surface area contributed by atoms with Gasteiger partial charge in [0.05, 0.1) is 11.9 Å². The first-order chi connectivity index (χ1) is 9.79. The second-order valence-electron chi connectivity index (χ2n) is 4.99. The SMILES string of the molecule is CC(=O)OCC(=O)c1ccc2c(c1)CCCN2S(C)(=O)=O. The monoisotopic (exact) mass is 311 g/mol. The lowest BCUT2D eigenvalue weighted by atomic mass is 9.99. The molecule has 0 spiro atoms. The van der Waals surface area contributed by atoms with Crippen molar-refractivity contribution in [3.63, 3.8) is 0 Å². The van der Waals surface area contributed by atoms with Crippen molar-refractivity contribution in [1.82, 2.24) is 0 Å². The number of aryl methyl sites for hydroxylation is 1. The number of ether oxygens (including phenoxy) is 1. The molecule has 1 aliphatic rings. The summed E-state index contributed by atoms with van der Waals surface area (Å²) in [5.41, 5.74) is 1.86. The van der Waals surface area contributed by atoms with Gasteiger partial charge >= 0.3 is 5.97 Å². The highest BCUT2D eigenvalue weighted by molar-refractivity contribution is 7.92. The van der Waals surface area contributed by atoms with E-state index in [1.165, 1.54) is 17.5 Å². The average Bonchev–Trinajstić information content (AvgIpc) is 2.42. The number of hydrogen-bond donors (Lipinski definition) is 0. The van der Waals surface area contributed by atoms with Crippen LogP contribution in [0.3, 0.4) is 0 Å². The molecule has 0 amide bonds. The molecule has 7 heteroatoms. The van der Waals surface area contributed by atoms with Gasteiger partial charge in [0.1, 0.15) is 0 Å². The molecule has 0 aliphatic carbocycles. The molecule has 0 aromatic heterocycles. The van der Waals surface area contributed by atoms with Gasteiger partial charge in [0.25, 0.3) is 0 Å². The summed E-state index contributed by atoms with van der Waals surface area (Å²) in [4.78, 5) is 22.6. The van der Waals surface area contributed by atoms with E-state index < -0.39 is 16.0 Å². The molecule has 0 N–H and O–H groups in total. The number of Topliss-reactive ketones (excluding diaryl/α,β-unsaturated/α-hetero) is 1. The van der Waals surface area contributed by atoms with Crippen LogP contribution in [0.25, 0.3) is 0 Å². The second-order valence-corrected chi connectivity index (χ2v) is 6.89. The van der Waals surface area contributed by atoms with Crippen LogP contribution in [0.5, 0.6) is 0 Å². The van der Waals surface area contributed by atoms with E-state index in [1.807, 2.05) is 0 Å². The Kier molecular flexibility index (Phi) is 4.32. The van der Waals surface area contributed by atoms with Crippen molar-refractivity contribution in [3.05, 3.63) is 29.3 Å². The molecule has 1 aromatic carbocycles. The number of rotatable bonds is 4. The fourth-order valence-corrected chi connectivity index (χ4v) is 3.33. The number of hydrogen-bond acceptors (Lipinski definition) is 5. The van der Waals surface area contributed by atoms with Gasteiger partial charge < -0.3 is 4.74 Å². The molecular weight excluding hydrogens is 294 g/mol. The predicted molar refractivity (Wildman–Crippen MR) is 77.9 cm³/mol. The minimum absolute atomic E-state index is 0.301.